The minimum absolute atomic E-state index is 0.0428. The van der Waals surface area contributed by atoms with Gasteiger partial charge in [-0.05, 0) is 82.3 Å². The average molecular weight is 369 g/mol. The van der Waals surface area contributed by atoms with Gasteiger partial charge < -0.3 is 10.2 Å². The van der Waals surface area contributed by atoms with Crippen LogP contribution in [0.15, 0.2) is 30.3 Å². The van der Waals surface area contributed by atoms with Gasteiger partial charge in [0.1, 0.15) is 6.04 Å². The van der Waals surface area contributed by atoms with Crippen LogP contribution in [0.2, 0.25) is 0 Å². The lowest BCUT2D eigenvalue weighted by molar-refractivity contribution is -0.144. The molecule has 0 aromatic heterocycles. The molecule has 0 aliphatic heterocycles. The molecule has 4 aliphatic carbocycles. The van der Waals surface area contributed by atoms with Gasteiger partial charge >= 0.3 is 0 Å². The van der Waals surface area contributed by atoms with E-state index in [2.05, 4.69) is 5.32 Å². The fourth-order valence-electron chi connectivity index (χ4n) is 6.53. The van der Waals surface area contributed by atoms with E-state index in [4.69, 9.17) is 0 Å². The molecule has 4 heteroatoms. The van der Waals surface area contributed by atoms with Crippen LogP contribution in [-0.4, -0.2) is 35.8 Å². The Bertz CT molecular complexity index is 660. The standard InChI is InChI=1S/C23H32N2O2/c1-3-25(4-2)22(27)20(24-21(26)19-8-6-5-7-9-19)23-13-16-10-17(14-23)12-18(11-16)15-23/h5-9,16-18,20H,3-4,10-15H2,1-2H3,(H,24,26). The number of likely N-dealkylation sites (N-methyl/N-ethyl adjacent to an activating group) is 1. The number of amides is 2. The highest BCUT2D eigenvalue weighted by Crippen LogP contribution is 2.61. The number of benzene rings is 1. The second kappa shape index (κ2) is 7.29. The lowest BCUT2D eigenvalue weighted by Crippen LogP contribution is -2.62. The Kier molecular flexibility index (Phi) is 5.00. The predicted octanol–water partition coefficient (Wildman–Crippen LogP) is 3.87. The molecular weight excluding hydrogens is 336 g/mol. The summed E-state index contributed by atoms with van der Waals surface area (Å²) in [6.07, 6.45) is 7.30. The summed E-state index contributed by atoms with van der Waals surface area (Å²) in [7, 11) is 0. The van der Waals surface area contributed by atoms with Gasteiger partial charge in [0.25, 0.3) is 5.91 Å². The number of carbonyl (C=O) groups excluding carboxylic acids is 2. The van der Waals surface area contributed by atoms with Crippen LogP contribution in [0.1, 0.15) is 62.7 Å². The summed E-state index contributed by atoms with van der Waals surface area (Å²) < 4.78 is 0. The fourth-order valence-corrected chi connectivity index (χ4v) is 6.53. The molecule has 146 valence electrons. The van der Waals surface area contributed by atoms with E-state index in [1.807, 2.05) is 49.1 Å². The monoisotopic (exact) mass is 368 g/mol. The smallest absolute Gasteiger partial charge is 0.251 e. The maximum Gasteiger partial charge on any atom is 0.251 e. The molecule has 27 heavy (non-hydrogen) atoms. The fraction of sp³-hybridized carbons (Fsp3) is 0.652. The van der Waals surface area contributed by atoms with Crippen molar-refractivity contribution in [2.24, 2.45) is 23.2 Å². The van der Waals surface area contributed by atoms with E-state index in [-0.39, 0.29) is 17.2 Å². The molecule has 0 radical (unpaired) electrons. The van der Waals surface area contributed by atoms with Gasteiger partial charge in [-0.1, -0.05) is 18.2 Å². The molecule has 1 atom stereocenters. The highest BCUT2D eigenvalue weighted by atomic mass is 16.2. The minimum atomic E-state index is -0.390. The van der Waals surface area contributed by atoms with Crippen molar-refractivity contribution < 1.29 is 9.59 Å². The molecule has 0 spiro atoms. The number of rotatable bonds is 6. The maximum absolute atomic E-state index is 13.5. The van der Waals surface area contributed by atoms with Crippen LogP contribution in [0.5, 0.6) is 0 Å². The summed E-state index contributed by atoms with van der Waals surface area (Å²) in [5.74, 6) is 2.24. The molecule has 1 aromatic rings. The first kappa shape index (κ1) is 18.5. The second-order valence-corrected chi connectivity index (χ2v) is 9.06. The third-order valence-corrected chi connectivity index (χ3v) is 7.33. The molecule has 5 rings (SSSR count). The van der Waals surface area contributed by atoms with E-state index in [1.165, 1.54) is 19.3 Å². The predicted molar refractivity (Wildman–Crippen MR) is 106 cm³/mol. The average Bonchev–Trinajstić information content (AvgIpc) is 2.66. The van der Waals surface area contributed by atoms with E-state index in [9.17, 15) is 9.59 Å². The van der Waals surface area contributed by atoms with E-state index in [1.54, 1.807) is 0 Å². The van der Waals surface area contributed by atoms with Crippen molar-refractivity contribution in [2.75, 3.05) is 13.1 Å². The Hall–Kier alpha value is -1.84. The second-order valence-electron chi connectivity index (χ2n) is 9.06. The Labute approximate surface area is 162 Å². The Morgan fingerprint density at radius 1 is 1.00 bits per heavy atom. The number of hydrogen-bond donors (Lipinski definition) is 1. The molecule has 4 fully saturated rings. The van der Waals surface area contributed by atoms with Gasteiger partial charge in [-0.2, -0.15) is 0 Å². The topological polar surface area (TPSA) is 49.4 Å². The van der Waals surface area contributed by atoms with Crippen molar-refractivity contribution in [3.8, 4) is 0 Å². The number of nitrogens with zero attached hydrogens (tertiary/aromatic N) is 1. The number of hydrogen-bond acceptors (Lipinski definition) is 2. The molecule has 0 saturated heterocycles. The molecule has 4 aliphatic rings. The lowest BCUT2D eigenvalue weighted by atomic mass is 9.47. The summed E-state index contributed by atoms with van der Waals surface area (Å²) in [6.45, 7) is 5.44. The van der Waals surface area contributed by atoms with Gasteiger partial charge in [-0.25, -0.2) is 0 Å². The Balaban J connectivity index is 1.64. The summed E-state index contributed by atoms with van der Waals surface area (Å²) in [6, 6.07) is 8.93. The zero-order valence-corrected chi connectivity index (χ0v) is 16.6. The van der Waals surface area contributed by atoms with Gasteiger partial charge in [-0.15, -0.1) is 0 Å². The molecule has 2 amide bonds. The Morgan fingerprint density at radius 2 is 1.52 bits per heavy atom. The van der Waals surface area contributed by atoms with Crippen LogP contribution in [0.3, 0.4) is 0 Å². The van der Waals surface area contributed by atoms with Crippen molar-refractivity contribution in [1.29, 1.82) is 0 Å². The van der Waals surface area contributed by atoms with E-state index in [0.29, 0.717) is 18.7 Å². The van der Waals surface area contributed by atoms with Crippen LogP contribution in [-0.2, 0) is 4.79 Å². The van der Waals surface area contributed by atoms with Crippen LogP contribution < -0.4 is 5.32 Å². The summed E-state index contributed by atoms with van der Waals surface area (Å²) in [4.78, 5) is 28.4. The molecule has 4 nitrogen and oxygen atoms in total. The normalized spacial score (nSPS) is 32.1. The number of nitrogens with one attached hydrogen (secondary N) is 1. The summed E-state index contributed by atoms with van der Waals surface area (Å²) in [5.41, 5.74) is 0.596. The summed E-state index contributed by atoms with van der Waals surface area (Å²) >= 11 is 0. The van der Waals surface area contributed by atoms with Crippen molar-refractivity contribution in [2.45, 2.75) is 58.4 Å². The van der Waals surface area contributed by atoms with Crippen molar-refractivity contribution in [3.63, 3.8) is 0 Å². The van der Waals surface area contributed by atoms with Crippen molar-refractivity contribution >= 4 is 11.8 Å². The first-order chi connectivity index (χ1) is 13.0. The van der Waals surface area contributed by atoms with Crippen LogP contribution in [0.4, 0.5) is 0 Å². The molecule has 1 N–H and O–H groups in total. The summed E-state index contributed by atoms with van der Waals surface area (Å²) in [5, 5.41) is 3.21. The first-order valence-electron chi connectivity index (χ1n) is 10.7. The Morgan fingerprint density at radius 3 is 2.00 bits per heavy atom. The van der Waals surface area contributed by atoms with Crippen molar-refractivity contribution in [1.82, 2.24) is 10.2 Å². The third kappa shape index (κ3) is 3.39. The van der Waals surface area contributed by atoms with Gasteiger partial charge in [0, 0.05) is 24.1 Å². The first-order valence-corrected chi connectivity index (χ1v) is 10.7. The zero-order valence-electron chi connectivity index (χ0n) is 16.6. The van der Waals surface area contributed by atoms with Gasteiger partial charge in [-0.3, -0.25) is 9.59 Å². The van der Waals surface area contributed by atoms with Crippen LogP contribution in [0, 0.1) is 23.2 Å². The molecule has 1 unspecified atom stereocenters. The molecule has 0 heterocycles. The number of carbonyl (C=O) groups is 2. The molecular formula is C23H32N2O2. The highest BCUT2D eigenvalue weighted by Gasteiger charge is 2.56. The highest BCUT2D eigenvalue weighted by molar-refractivity contribution is 5.97. The van der Waals surface area contributed by atoms with Crippen LogP contribution >= 0.6 is 0 Å². The van der Waals surface area contributed by atoms with E-state index >= 15 is 0 Å². The maximum atomic E-state index is 13.5. The van der Waals surface area contributed by atoms with Gasteiger partial charge in [0.15, 0.2) is 0 Å². The minimum Gasteiger partial charge on any atom is -0.341 e. The molecule has 4 bridgehead atoms. The van der Waals surface area contributed by atoms with Gasteiger partial charge in [0.2, 0.25) is 5.91 Å². The lowest BCUT2D eigenvalue weighted by Gasteiger charge is -2.59. The zero-order chi connectivity index (χ0) is 19.0. The SMILES string of the molecule is CCN(CC)C(=O)C(NC(=O)c1ccccc1)C12CC3CC(CC(C3)C1)C2. The van der Waals surface area contributed by atoms with E-state index in [0.717, 1.165) is 37.0 Å². The van der Waals surface area contributed by atoms with Crippen molar-refractivity contribution in [3.05, 3.63) is 35.9 Å². The van der Waals surface area contributed by atoms with E-state index < -0.39 is 6.04 Å². The largest absolute Gasteiger partial charge is 0.341 e. The molecule has 4 saturated carbocycles. The van der Waals surface area contributed by atoms with Crippen LogP contribution in [0.25, 0.3) is 0 Å². The van der Waals surface area contributed by atoms with Gasteiger partial charge in [0.05, 0.1) is 0 Å². The molecule has 1 aromatic carbocycles. The third-order valence-electron chi connectivity index (χ3n) is 7.33. The quantitative estimate of drug-likeness (QED) is 0.829.